The predicted octanol–water partition coefficient (Wildman–Crippen LogP) is 4.16. The minimum atomic E-state index is 0.435. The van der Waals surface area contributed by atoms with E-state index in [2.05, 4.69) is 15.3 Å². The number of H-pyrrole nitrogens is 1. The van der Waals surface area contributed by atoms with Crippen LogP contribution in [0.4, 0.5) is 0 Å². The van der Waals surface area contributed by atoms with Crippen molar-refractivity contribution in [2.45, 2.75) is 0 Å². The molecule has 1 N–H and O–H groups in total. The summed E-state index contributed by atoms with van der Waals surface area (Å²) in [6.07, 6.45) is 5.52. The first kappa shape index (κ1) is 15.9. The lowest BCUT2D eigenvalue weighted by Crippen LogP contribution is -1.93. The van der Waals surface area contributed by atoms with E-state index in [4.69, 9.17) is 17.0 Å². The van der Waals surface area contributed by atoms with Gasteiger partial charge >= 0.3 is 0 Å². The largest absolute Gasteiger partial charge is 0.497 e. The lowest BCUT2D eigenvalue weighted by atomic mass is 10.2. The van der Waals surface area contributed by atoms with Crippen molar-refractivity contribution in [2.75, 3.05) is 7.11 Å². The molecule has 2 aromatic carbocycles. The molecule has 24 heavy (non-hydrogen) atoms. The highest BCUT2D eigenvalue weighted by molar-refractivity contribution is 7.71. The second-order valence-electron chi connectivity index (χ2n) is 4.93. The summed E-state index contributed by atoms with van der Waals surface area (Å²) in [7, 11) is 1.63. The molecule has 6 heteroatoms. The molecule has 0 amide bonds. The van der Waals surface area contributed by atoms with Crippen LogP contribution in [0.5, 0.6) is 5.75 Å². The highest BCUT2D eigenvalue weighted by Gasteiger charge is 2.07. The van der Waals surface area contributed by atoms with Gasteiger partial charge in [-0.2, -0.15) is 14.9 Å². The van der Waals surface area contributed by atoms with E-state index in [1.54, 1.807) is 18.0 Å². The van der Waals surface area contributed by atoms with Crippen molar-refractivity contribution in [3.63, 3.8) is 0 Å². The van der Waals surface area contributed by atoms with E-state index in [-0.39, 0.29) is 0 Å². The molecule has 0 bridgehead atoms. The van der Waals surface area contributed by atoms with Gasteiger partial charge in [0.05, 0.1) is 7.11 Å². The van der Waals surface area contributed by atoms with Crippen molar-refractivity contribution >= 4 is 24.5 Å². The van der Waals surface area contributed by atoms with Gasteiger partial charge in [-0.15, -0.1) is 0 Å². The summed E-state index contributed by atoms with van der Waals surface area (Å²) >= 11 is 5.25. The van der Waals surface area contributed by atoms with Crippen molar-refractivity contribution < 1.29 is 4.74 Å². The van der Waals surface area contributed by atoms with Crippen LogP contribution in [0.2, 0.25) is 0 Å². The normalized spacial score (nSPS) is 11.4. The zero-order valence-corrected chi connectivity index (χ0v) is 13.9. The summed E-state index contributed by atoms with van der Waals surface area (Å²) < 4.78 is 7.19. The SMILES string of the molecule is COc1ccc(-c2n[nH]c(=S)n2/N=C/C=C/c2ccccc2)cc1. The Kier molecular flexibility index (Phi) is 4.98. The summed E-state index contributed by atoms with van der Waals surface area (Å²) in [4.78, 5) is 0. The van der Waals surface area contributed by atoms with E-state index in [0.29, 0.717) is 10.6 Å². The molecule has 0 radical (unpaired) electrons. The maximum absolute atomic E-state index is 5.25. The molecule has 0 saturated heterocycles. The van der Waals surface area contributed by atoms with E-state index < -0.39 is 0 Å². The highest BCUT2D eigenvalue weighted by atomic mass is 32.1. The minimum absolute atomic E-state index is 0.435. The Morgan fingerprint density at radius 3 is 2.58 bits per heavy atom. The van der Waals surface area contributed by atoms with Gasteiger partial charge in [-0.05, 0) is 48.1 Å². The molecule has 0 aliphatic rings. The predicted molar refractivity (Wildman–Crippen MR) is 98.8 cm³/mol. The summed E-state index contributed by atoms with van der Waals surface area (Å²) in [5.41, 5.74) is 2.00. The third-order valence-electron chi connectivity index (χ3n) is 3.36. The van der Waals surface area contributed by atoms with Gasteiger partial charge in [0.2, 0.25) is 4.77 Å². The zero-order chi connectivity index (χ0) is 16.8. The van der Waals surface area contributed by atoms with Crippen LogP contribution >= 0.6 is 12.2 Å². The number of nitrogens with one attached hydrogen (secondary N) is 1. The fourth-order valence-electron chi connectivity index (χ4n) is 2.15. The maximum Gasteiger partial charge on any atom is 0.216 e. The first-order chi connectivity index (χ1) is 11.8. The minimum Gasteiger partial charge on any atom is -0.497 e. The zero-order valence-electron chi connectivity index (χ0n) is 13.1. The van der Waals surface area contributed by atoms with Crippen LogP contribution in [0.1, 0.15) is 5.56 Å². The summed E-state index contributed by atoms with van der Waals surface area (Å²) in [6, 6.07) is 17.6. The van der Waals surface area contributed by atoms with Gasteiger partial charge < -0.3 is 4.74 Å². The molecule has 0 aliphatic carbocycles. The number of ether oxygens (including phenoxy) is 1. The fourth-order valence-corrected chi connectivity index (χ4v) is 2.33. The lowest BCUT2D eigenvalue weighted by molar-refractivity contribution is 0.415. The smallest absolute Gasteiger partial charge is 0.216 e. The van der Waals surface area contributed by atoms with E-state index in [1.165, 1.54) is 0 Å². The quantitative estimate of drug-likeness (QED) is 0.562. The Labute approximate surface area is 144 Å². The highest BCUT2D eigenvalue weighted by Crippen LogP contribution is 2.20. The molecule has 5 nitrogen and oxygen atoms in total. The average molecular weight is 336 g/mol. The number of rotatable bonds is 5. The van der Waals surface area contributed by atoms with E-state index in [9.17, 15) is 0 Å². The van der Waals surface area contributed by atoms with Crippen LogP contribution in [0, 0.1) is 4.77 Å². The second-order valence-corrected chi connectivity index (χ2v) is 5.31. The van der Waals surface area contributed by atoms with Crippen molar-refractivity contribution in [1.82, 2.24) is 14.9 Å². The van der Waals surface area contributed by atoms with Gasteiger partial charge in [-0.3, -0.25) is 0 Å². The fraction of sp³-hybridized carbons (Fsp3) is 0.0556. The van der Waals surface area contributed by atoms with E-state index in [0.717, 1.165) is 16.9 Å². The summed E-state index contributed by atoms with van der Waals surface area (Å²) in [5, 5.41) is 11.4. The van der Waals surface area contributed by atoms with Gasteiger partial charge in [0.15, 0.2) is 5.82 Å². The Hall–Kier alpha value is -2.99. The summed E-state index contributed by atoms with van der Waals surface area (Å²) in [5.74, 6) is 1.43. The van der Waals surface area contributed by atoms with Crippen LogP contribution in [-0.2, 0) is 0 Å². The van der Waals surface area contributed by atoms with E-state index in [1.807, 2.05) is 66.7 Å². The molecule has 3 aromatic rings. The van der Waals surface area contributed by atoms with Gasteiger partial charge in [-0.25, -0.2) is 5.10 Å². The number of hydrogen-bond acceptors (Lipinski definition) is 4. The van der Waals surface area contributed by atoms with Crippen molar-refractivity contribution in [3.8, 4) is 17.1 Å². The van der Waals surface area contributed by atoms with Crippen LogP contribution in [0.3, 0.4) is 0 Å². The molecule has 120 valence electrons. The Bertz CT molecular complexity index is 908. The molecule has 1 aromatic heterocycles. The first-order valence-corrected chi connectivity index (χ1v) is 7.76. The van der Waals surface area contributed by atoms with Gasteiger partial charge in [0.25, 0.3) is 0 Å². The molecule has 0 atom stereocenters. The molecule has 0 aliphatic heterocycles. The third kappa shape index (κ3) is 3.67. The van der Waals surface area contributed by atoms with Crippen LogP contribution in [0.15, 0.2) is 65.8 Å². The van der Waals surface area contributed by atoms with Crippen molar-refractivity contribution in [2.24, 2.45) is 5.10 Å². The Morgan fingerprint density at radius 2 is 1.88 bits per heavy atom. The third-order valence-corrected chi connectivity index (χ3v) is 3.62. The molecule has 3 rings (SSSR count). The lowest BCUT2D eigenvalue weighted by Gasteiger charge is -2.02. The molecule has 0 spiro atoms. The van der Waals surface area contributed by atoms with Gasteiger partial charge in [-0.1, -0.05) is 36.4 Å². The molecular weight excluding hydrogens is 320 g/mol. The van der Waals surface area contributed by atoms with Crippen molar-refractivity contribution in [1.29, 1.82) is 0 Å². The number of hydrogen-bond donors (Lipinski definition) is 1. The monoisotopic (exact) mass is 336 g/mol. The number of aromatic amines is 1. The standard InChI is InChI=1S/C18H16N4OS/c1-23-16-11-9-15(10-12-16)17-20-21-18(24)22(17)19-13-5-8-14-6-3-2-4-7-14/h2-13H,1H3,(H,21,24)/b8-5+,19-13+. The molecular formula is C18H16N4OS. The Balaban J connectivity index is 1.83. The van der Waals surface area contributed by atoms with Gasteiger partial charge in [0, 0.05) is 11.8 Å². The second kappa shape index (κ2) is 7.52. The number of benzene rings is 2. The van der Waals surface area contributed by atoms with Gasteiger partial charge in [0.1, 0.15) is 5.75 Å². The number of methoxy groups -OCH3 is 1. The first-order valence-electron chi connectivity index (χ1n) is 7.36. The number of allylic oxidation sites excluding steroid dienone is 1. The maximum atomic E-state index is 5.25. The molecule has 0 fully saturated rings. The molecule has 0 unspecified atom stereocenters. The molecule has 1 heterocycles. The average Bonchev–Trinajstić information content (AvgIpc) is 3.00. The number of aromatic nitrogens is 3. The van der Waals surface area contributed by atoms with Crippen LogP contribution in [0.25, 0.3) is 17.5 Å². The summed E-state index contributed by atoms with van der Waals surface area (Å²) in [6.45, 7) is 0. The Morgan fingerprint density at radius 1 is 1.12 bits per heavy atom. The topological polar surface area (TPSA) is 55.2 Å². The van der Waals surface area contributed by atoms with E-state index >= 15 is 0 Å². The molecule has 0 saturated carbocycles. The van der Waals surface area contributed by atoms with Crippen LogP contribution in [-0.4, -0.2) is 28.2 Å². The van der Waals surface area contributed by atoms with Crippen LogP contribution < -0.4 is 4.74 Å². The van der Waals surface area contributed by atoms with Crippen molar-refractivity contribution in [3.05, 3.63) is 71.0 Å². The number of nitrogens with zero attached hydrogens (tertiary/aromatic N) is 3.